The predicted molar refractivity (Wildman–Crippen MR) is 90.7 cm³/mol. The zero-order valence-electron chi connectivity index (χ0n) is 13.3. The first-order chi connectivity index (χ1) is 11.1. The SMILES string of the molecule is COc1ccc2[nH]c(CNS(=O)(=O)N3CCCCCC3)cc2c1. The van der Waals surface area contributed by atoms with E-state index in [4.69, 9.17) is 4.74 Å². The van der Waals surface area contributed by atoms with Crippen LogP contribution in [-0.2, 0) is 16.8 Å². The van der Waals surface area contributed by atoms with Crippen LogP contribution in [0.15, 0.2) is 24.3 Å². The molecule has 0 aliphatic carbocycles. The van der Waals surface area contributed by atoms with Gasteiger partial charge in [-0.05, 0) is 37.1 Å². The molecule has 0 bridgehead atoms. The summed E-state index contributed by atoms with van der Waals surface area (Å²) in [6.07, 6.45) is 4.09. The molecule has 1 aromatic heterocycles. The third-order valence-corrected chi connectivity index (χ3v) is 5.79. The fourth-order valence-electron chi connectivity index (χ4n) is 2.94. The minimum absolute atomic E-state index is 0.260. The first kappa shape index (κ1) is 16.3. The maximum atomic E-state index is 12.4. The molecular weight excluding hydrogens is 314 g/mol. The molecule has 0 atom stereocenters. The van der Waals surface area contributed by atoms with Crippen LogP contribution >= 0.6 is 0 Å². The molecule has 2 aromatic rings. The van der Waals surface area contributed by atoms with Crippen LogP contribution in [0.4, 0.5) is 0 Å². The summed E-state index contributed by atoms with van der Waals surface area (Å²) in [6.45, 7) is 1.48. The quantitative estimate of drug-likeness (QED) is 0.880. The molecule has 1 aliphatic rings. The lowest BCUT2D eigenvalue weighted by atomic mass is 10.2. The molecule has 1 aliphatic heterocycles. The van der Waals surface area contributed by atoms with Gasteiger partial charge in [0.1, 0.15) is 5.75 Å². The number of nitrogens with zero attached hydrogens (tertiary/aromatic N) is 1. The second-order valence-corrected chi connectivity index (χ2v) is 7.64. The lowest BCUT2D eigenvalue weighted by Crippen LogP contribution is -2.40. The highest BCUT2D eigenvalue weighted by molar-refractivity contribution is 7.87. The summed E-state index contributed by atoms with van der Waals surface area (Å²) in [5.74, 6) is 0.785. The molecule has 1 saturated heterocycles. The van der Waals surface area contributed by atoms with Crippen LogP contribution < -0.4 is 9.46 Å². The second-order valence-electron chi connectivity index (χ2n) is 5.89. The van der Waals surface area contributed by atoms with Crippen molar-refractivity contribution < 1.29 is 13.2 Å². The number of ether oxygens (including phenoxy) is 1. The van der Waals surface area contributed by atoms with E-state index in [2.05, 4.69) is 9.71 Å². The van der Waals surface area contributed by atoms with Gasteiger partial charge in [0.05, 0.1) is 13.7 Å². The Kier molecular flexibility index (Phi) is 4.89. The molecule has 7 heteroatoms. The highest BCUT2D eigenvalue weighted by Crippen LogP contribution is 2.21. The molecule has 2 heterocycles. The summed E-state index contributed by atoms with van der Waals surface area (Å²) in [6, 6.07) is 7.69. The Hall–Kier alpha value is -1.57. The van der Waals surface area contributed by atoms with Crippen LogP contribution in [0.1, 0.15) is 31.4 Å². The number of H-pyrrole nitrogens is 1. The lowest BCUT2D eigenvalue weighted by Gasteiger charge is -2.19. The molecule has 1 fully saturated rings. The average molecular weight is 337 g/mol. The minimum atomic E-state index is -3.42. The van der Waals surface area contributed by atoms with Crippen molar-refractivity contribution >= 4 is 21.1 Å². The molecule has 0 spiro atoms. The number of aromatic nitrogens is 1. The first-order valence-corrected chi connectivity index (χ1v) is 9.43. The van der Waals surface area contributed by atoms with E-state index in [1.807, 2.05) is 24.3 Å². The van der Waals surface area contributed by atoms with E-state index >= 15 is 0 Å². The number of rotatable bonds is 5. The van der Waals surface area contributed by atoms with Crippen molar-refractivity contribution in [2.45, 2.75) is 32.2 Å². The summed E-state index contributed by atoms with van der Waals surface area (Å²) in [5, 5.41) is 1.01. The van der Waals surface area contributed by atoms with Crippen LogP contribution in [0.5, 0.6) is 5.75 Å². The zero-order chi connectivity index (χ0) is 16.3. The van der Waals surface area contributed by atoms with Crippen LogP contribution in [0.2, 0.25) is 0 Å². The second kappa shape index (κ2) is 6.90. The van der Waals surface area contributed by atoms with Crippen LogP contribution in [0, 0.1) is 0 Å². The van der Waals surface area contributed by atoms with E-state index in [1.54, 1.807) is 11.4 Å². The molecule has 0 amide bonds. The summed E-state index contributed by atoms with van der Waals surface area (Å²) in [4.78, 5) is 3.23. The number of fused-ring (bicyclic) bond motifs is 1. The standard InChI is InChI=1S/C16H23N3O3S/c1-22-15-6-7-16-13(11-15)10-14(18-16)12-17-23(20,21)19-8-4-2-3-5-9-19/h6-7,10-11,17-18H,2-5,8-9,12H2,1H3. The summed E-state index contributed by atoms with van der Waals surface area (Å²) < 4.78 is 34.3. The van der Waals surface area contributed by atoms with Gasteiger partial charge in [0, 0.05) is 29.7 Å². The smallest absolute Gasteiger partial charge is 0.279 e. The number of aromatic amines is 1. The van der Waals surface area contributed by atoms with Gasteiger partial charge >= 0.3 is 0 Å². The van der Waals surface area contributed by atoms with Crippen molar-refractivity contribution in [3.8, 4) is 5.75 Å². The van der Waals surface area contributed by atoms with Crippen molar-refractivity contribution in [2.75, 3.05) is 20.2 Å². The van der Waals surface area contributed by atoms with Crippen LogP contribution in [-0.4, -0.2) is 37.9 Å². The van der Waals surface area contributed by atoms with E-state index in [1.165, 1.54) is 0 Å². The summed E-state index contributed by atoms with van der Waals surface area (Å²) >= 11 is 0. The van der Waals surface area contributed by atoms with E-state index in [9.17, 15) is 8.42 Å². The largest absolute Gasteiger partial charge is 0.497 e. The molecule has 23 heavy (non-hydrogen) atoms. The minimum Gasteiger partial charge on any atom is -0.497 e. The number of benzene rings is 1. The van der Waals surface area contributed by atoms with Gasteiger partial charge in [-0.2, -0.15) is 17.4 Å². The zero-order valence-corrected chi connectivity index (χ0v) is 14.2. The van der Waals surface area contributed by atoms with Crippen molar-refractivity contribution in [3.05, 3.63) is 30.0 Å². The van der Waals surface area contributed by atoms with Gasteiger partial charge in [-0.15, -0.1) is 0 Å². The number of hydrogen-bond acceptors (Lipinski definition) is 3. The molecular formula is C16H23N3O3S. The van der Waals surface area contributed by atoms with Gasteiger partial charge in [0.15, 0.2) is 0 Å². The Morgan fingerprint density at radius 1 is 1.17 bits per heavy atom. The van der Waals surface area contributed by atoms with E-state index in [-0.39, 0.29) is 6.54 Å². The fourth-order valence-corrected chi connectivity index (χ4v) is 4.19. The summed E-state index contributed by atoms with van der Waals surface area (Å²) in [5.41, 5.74) is 1.81. The molecule has 0 unspecified atom stereocenters. The number of nitrogens with one attached hydrogen (secondary N) is 2. The van der Waals surface area contributed by atoms with Crippen molar-refractivity contribution in [3.63, 3.8) is 0 Å². The Morgan fingerprint density at radius 3 is 2.61 bits per heavy atom. The Morgan fingerprint density at radius 2 is 1.91 bits per heavy atom. The van der Waals surface area contributed by atoms with Gasteiger partial charge in [-0.1, -0.05) is 12.8 Å². The molecule has 126 valence electrons. The third-order valence-electron chi connectivity index (χ3n) is 4.23. The van der Waals surface area contributed by atoms with Crippen LogP contribution in [0.3, 0.4) is 0 Å². The molecule has 6 nitrogen and oxygen atoms in total. The molecule has 0 radical (unpaired) electrons. The van der Waals surface area contributed by atoms with Gasteiger partial charge in [0.2, 0.25) is 0 Å². The lowest BCUT2D eigenvalue weighted by molar-refractivity contribution is 0.414. The van der Waals surface area contributed by atoms with E-state index in [0.29, 0.717) is 13.1 Å². The topological polar surface area (TPSA) is 74.4 Å². The van der Waals surface area contributed by atoms with Gasteiger partial charge in [-0.3, -0.25) is 0 Å². The number of methoxy groups -OCH3 is 1. The maximum absolute atomic E-state index is 12.4. The van der Waals surface area contributed by atoms with Crippen molar-refractivity contribution in [1.29, 1.82) is 0 Å². The number of hydrogen-bond donors (Lipinski definition) is 2. The predicted octanol–water partition coefficient (Wildman–Crippen LogP) is 2.39. The monoisotopic (exact) mass is 337 g/mol. The maximum Gasteiger partial charge on any atom is 0.279 e. The highest BCUT2D eigenvalue weighted by Gasteiger charge is 2.22. The first-order valence-electron chi connectivity index (χ1n) is 7.99. The highest BCUT2D eigenvalue weighted by atomic mass is 32.2. The summed E-state index contributed by atoms with van der Waals surface area (Å²) in [7, 11) is -1.79. The Balaban J connectivity index is 1.69. The normalized spacial score (nSPS) is 17.3. The van der Waals surface area contributed by atoms with E-state index in [0.717, 1.165) is 48.0 Å². The van der Waals surface area contributed by atoms with Gasteiger partial charge < -0.3 is 9.72 Å². The molecule has 1 aromatic carbocycles. The van der Waals surface area contributed by atoms with Crippen LogP contribution in [0.25, 0.3) is 10.9 Å². The fraction of sp³-hybridized carbons (Fsp3) is 0.500. The average Bonchev–Trinajstić information content (AvgIpc) is 2.75. The Bertz CT molecular complexity index is 762. The van der Waals surface area contributed by atoms with Crippen molar-refractivity contribution in [2.24, 2.45) is 0 Å². The Labute approximate surface area is 137 Å². The molecule has 0 saturated carbocycles. The van der Waals surface area contributed by atoms with Gasteiger partial charge in [0.25, 0.3) is 10.2 Å². The van der Waals surface area contributed by atoms with Gasteiger partial charge in [-0.25, -0.2) is 0 Å². The molecule has 3 rings (SSSR count). The van der Waals surface area contributed by atoms with Crippen molar-refractivity contribution in [1.82, 2.24) is 14.0 Å². The van der Waals surface area contributed by atoms with E-state index < -0.39 is 10.2 Å². The molecule has 2 N–H and O–H groups in total. The third kappa shape index (κ3) is 3.85.